The SMILES string of the molecule is CN1C[C@@H]2[C@H](C1)[C@@H]2Nc1ncc2ccnc(N3CCC4(CCN(S(C)(=O)=O)C4)C3)c2n1. The van der Waals surface area contributed by atoms with Crippen LogP contribution in [0.2, 0.25) is 0 Å². The van der Waals surface area contributed by atoms with Crippen LogP contribution in [-0.4, -0.2) is 91.2 Å². The van der Waals surface area contributed by atoms with Crippen molar-refractivity contribution in [2.75, 3.05) is 62.8 Å². The van der Waals surface area contributed by atoms with E-state index in [-0.39, 0.29) is 5.41 Å². The quantitative estimate of drug-likeness (QED) is 0.744. The maximum absolute atomic E-state index is 12.0. The molecular formula is C21H29N7O2S. The Balaban J connectivity index is 1.23. The molecule has 9 nitrogen and oxygen atoms in total. The van der Waals surface area contributed by atoms with Gasteiger partial charge in [0, 0.05) is 68.5 Å². The van der Waals surface area contributed by atoms with Crippen molar-refractivity contribution in [1.82, 2.24) is 24.2 Å². The molecular weight excluding hydrogens is 414 g/mol. The molecule has 1 aliphatic carbocycles. The largest absolute Gasteiger partial charge is 0.354 e. The van der Waals surface area contributed by atoms with E-state index < -0.39 is 10.0 Å². The molecule has 31 heavy (non-hydrogen) atoms. The number of likely N-dealkylation sites (tertiary alicyclic amines) is 1. The maximum atomic E-state index is 12.0. The monoisotopic (exact) mass is 443 g/mol. The van der Waals surface area contributed by atoms with Crippen LogP contribution in [0.15, 0.2) is 18.5 Å². The minimum Gasteiger partial charge on any atom is -0.354 e. The van der Waals surface area contributed by atoms with E-state index in [0.29, 0.717) is 36.9 Å². The van der Waals surface area contributed by atoms with Crippen LogP contribution in [0, 0.1) is 17.3 Å². The Labute approximate surface area is 182 Å². The molecule has 1 saturated carbocycles. The Morgan fingerprint density at radius 3 is 2.65 bits per heavy atom. The van der Waals surface area contributed by atoms with Gasteiger partial charge in [0.15, 0.2) is 5.82 Å². The minimum atomic E-state index is -3.14. The first-order chi connectivity index (χ1) is 14.8. The highest BCUT2D eigenvalue weighted by Gasteiger charge is 2.55. The average molecular weight is 444 g/mol. The Morgan fingerprint density at radius 2 is 1.90 bits per heavy atom. The van der Waals surface area contributed by atoms with Crippen LogP contribution >= 0.6 is 0 Å². The highest BCUT2D eigenvalue weighted by molar-refractivity contribution is 7.88. The van der Waals surface area contributed by atoms with Crippen LogP contribution in [0.25, 0.3) is 10.9 Å². The number of piperidine rings is 1. The first-order valence-corrected chi connectivity index (χ1v) is 12.9. The molecule has 5 heterocycles. The topological polar surface area (TPSA) is 94.6 Å². The minimum absolute atomic E-state index is 0.0124. The number of fused-ring (bicyclic) bond motifs is 2. The molecule has 10 heteroatoms. The van der Waals surface area contributed by atoms with Gasteiger partial charge < -0.3 is 15.1 Å². The van der Waals surface area contributed by atoms with Gasteiger partial charge in [0.1, 0.15) is 5.52 Å². The molecule has 0 bridgehead atoms. The summed E-state index contributed by atoms with van der Waals surface area (Å²) in [6.45, 7) is 5.19. The number of nitrogens with one attached hydrogen (secondary N) is 1. The molecule has 0 aromatic carbocycles. The first kappa shape index (κ1) is 19.6. The summed E-state index contributed by atoms with van der Waals surface area (Å²) in [6, 6.07) is 2.43. The van der Waals surface area contributed by atoms with Gasteiger partial charge in [0.2, 0.25) is 16.0 Å². The molecule has 1 spiro atoms. The number of anilines is 2. The number of nitrogens with zero attached hydrogens (tertiary/aromatic N) is 6. The van der Waals surface area contributed by atoms with Gasteiger partial charge in [-0.1, -0.05) is 0 Å². The lowest BCUT2D eigenvalue weighted by atomic mass is 9.87. The van der Waals surface area contributed by atoms with Crippen LogP contribution in [0.3, 0.4) is 0 Å². The van der Waals surface area contributed by atoms with Crippen LogP contribution in [-0.2, 0) is 10.0 Å². The molecule has 1 N–H and O–H groups in total. The lowest BCUT2D eigenvalue weighted by molar-refractivity contribution is 0.342. The van der Waals surface area contributed by atoms with Crippen molar-refractivity contribution < 1.29 is 8.42 Å². The summed E-state index contributed by atoms with van der Waals surface area (Å²) in [4.78, 5) is 18.8. The van der Waals surface area contributed by atoms with Gasteiger partial charge in [-0.15, -0.1) is 0 Å². The Hall–Kier alpha value is -2.04. The molecule has 0 amide bonds. The number of sulfonamides is 1. The van der Waals surface area contributed by atoms with Crippen LogP contribution < -0.4 is 10.2 Å². The molecule has 3 saturated heterocycles. The summed E-state index contributed by atoms with van der Waals surface area (Å²) in [6.07, 6.45) is 6.89. The number of hydrogen-bond donors (Lipinski definition) is 1. The van der Waals surface area contributed by atoms with Crippen molar-refractivity contribution in [2.45, 2.75) is 18.9 Å². The molecule has 4 fully saturated rings. The number of pyridine rings is 1. The molecule has 0 radical (unpaired) electrons. The van der Waals surface area contributed by atoms with Crippen molar-refractivity contribution in [3.8, 4) is 0 Å². The van der Waals surface area contributed by atoms with Gasteiger partial charge in [-0.05, 0) is 37.8 Å². The van der Waals surface area contributed by atoms with E-state index >= 15 is 0 Å². The summed E-state index contributed by atoms with van der Waals surface area (Å²) in [5.41, 5.74) is 0.886. The number of rotatable bonds is 4. The van der Waals surface area contributed by atoms with E-state index in [4.69, 9.17) is 4.98 Å². The van der Waals surface area contributed by atoms with E-state index in [9.17, 15) is 8.42 Å². The lowest BCUT2D eigenvalue weighted by Crippen LogP contribution is -2.33. The Bertz CT molecular complexity index is 1130. The molecule has 4 atom stereocenters. The van der Waals surface area contributed by atoms with Crippen molar-refractivity contribution >= 4 is 32.7 Å². The second-order valence-corrected chi connectivity index (χ2v) is 12.0. The van der Waals surface area contributed by atoms with E-state index in [1.165, 1.54) is 6.26 Å². The fraction of sp³-hybridized carbons (Fsp3) is 0.667. The average Bonchev–Trinajstić information content (AvgIpc) is 3.18. The van der Waals surface area contributed by atoms with Crippen molar-refractivity contribution in [1.29, 1.82) is 0 Å². The third kappa shape index (κ3) is 3.35. The predicted octanol–water partition coefficient (Wildman–Crippen LogP) is 0.859. The van der Waals surface area contributed by atoms with Gasteiger partial charge in [-0.2, -0.15) is 0 Å². The molecule has 2 aromatic heterocycles. The maximum Gasteiger partial charge on any atom is 0.223 e. The van der Waals surface area contributed by atoms with Crippen LogP contribution in [0.5, 0.6) is 0 Å². The normalized spacial score (nSPS) is 33.5. The zero-order chi connectivity index (χ0) is 21.4. The van der Waals surface area contributed by atoms with Crippen molar-refractivity contribution in [3.63, 3.8) is 0 Å². The third-order valence-corrected chi connectivity index (χ3v) is 9.01. The molecule has 166 valence electrons. The number of aromatic nitrogens is 3. The predicted molar refractivity (Wildman–Crippen MR) is 120 cm³/mol. The summed E-state index contributed by atoms with van der Waals surface area (Å²) < 4.78 is 25.6. The van der Waals surface area contributed by atoms with Crippen LogP contribution in [0.1, 0.15) is 12.8 Å². The first-order valence-electron chi connectivity index (χ1n) is 11.1. The smallest absolute Gasteiger partial charge is 0.223 e. The molecule has 1 unspecified atom stereocenters. The second kappa shape index (κ2) is 6.73. The zero-order valence-electron chi connectivity index (χ0n) is 18.0. The highest BCUT2D eigenvalue weighted by atomic mass is 32.2. The molecule has 3 aliphatic heterocycles. The van der Waals surface area contributed by atoms with Gasteiger partial charge >= 0.3 is 0 Å². The van der Waals surface area contributed by atoms with E-state index in [2.05, 4.69) is 32.1 Å². The van der Waals surface area contributed by atoms with Crippen molar-refractivity contribution in [2.24, 2.45) is 17.3 Å². The van der Waals surface area contributed by atoms with Gasteiger partial charge in [0.05, 0.1) is 6.26 Å². The molecule has 6 rings (SSSR count). The van der Waals surface area contributed by atoms with Gasteiger partial charge in [0.25, 0.3) is 0 Å². The Morgan fingerprint density at radius 1 is 1.13 bits per heavy atom. The van der Waals surface area contributed by atoms with Crippen LogP contribution in [0.4, 0.5) is 11.8 Å². The lowest BCUT2D eigenvalue weighted by Gasteiger charge is -2.25. The van der Waals surface area contributed by atoms with E-state index in [1.807, 2.05) is 18.5 Å². The summed E-state index contributed by atoms with van der Waals surface area (Å²) in [5, 5.41) is 4.53. The fourth-order valence-electron chi connectivity index (χ4n) is 5.97. The Kier molecular flexibility index (Phi) is 4.26. The summed E-state index contributed by atoms with van der Waals surface area (Å²) in [7, 11) is -0.960. The van der Waals surface area contributed by atoms with E-state index in [0.717, 1.165) is 55.7 Å². The standard InChI is InChI=1S/C21H29N7O2S/c1-26-10-15-16(11-26)18(15)25-20-23-9-14-3-6-22-19(17(14)24-20)27-7-4-21(12-27)5-8-28(13-21)31(2,29)30/h3,6,9,15-16,18H,4-5,7-8,10-13H2,1-2H3,(H,23,24,25)/t15-,16+,18-,21?. The van der Waals surface area contributed by atoms with Gasteiger partial charge in [-0.25, -0.2) is 27.7 Å². The highest BCUT2D eigenvalue weighted by Crippen LogP contribution is 2.46. The third-order valence-electron chi connectivity index (χ3n) is 7.76. The fourth-order valence-corrected chi connectivity index (χ4v) is 6.90. The zero-order valence-corrected chi connectivity index (χ0v) is 18.8. The molecule has 2 aromatic rings. The summed E-state index contributed by atoms with van der Waals surface area (Å²) in [5.74, 6) is 2.97. The second-order valence-electron chi connectivity index (χ2n) is 10.0. The van der Waals surface area contributed by atoms with E-state index in [1.54, 1.807) is 4.31 Å². The number of hydrogen-bond acceptors (Lipinski definition) is 8. The molecule has 4 aliphatic rings. The van der Waals surface area contributed by atoms with Crippen molar-refractivity contribution in [3.05, 3.63) is 18.5 Å². The summed E-state index contributed by atoms with van der Waals surface area (Å²) >= 11 is 0. The van der Waals surface area contributed by atoms with Gasteiger partial charge in [-0.3, -0.25) is 0 Å².